The molecule has 0 saturated heterocycles. The van der Waals surface area contributed by atoms with Gasteiger partial charge < -0.3 is 4.74 Å². The van der Waals surface area contributed by atoms with Gasteiger partial charge in [0, 0.05) is 5.56 Å². The normalized spacial score (nSPS) is 10.6. The summed E-state index contributed by atoms with van der Waals surface area (Å²) in [6, 6.07) is 12.3. The second kappa shape index (κ2) is 7.11. The molecule has 0 atom stereocenters. The third-order valence-corrected chi connectivity index (χ3v) is 3.21. The standard InChI is InChI=1S/C15H12Cl2N2O2/c1-21-14-12(16)7-11(8-13(14)17)15(20)19-18-9-10-5-3-2-4-6-10/h2-9H,1H3,(H,19,20)/b18-9-. The molecular formula is C15H12Cl2N2O2. The molecular weight excluding hydrogens is 311 g/mol. The number of nitrogens with zero attached hydrogens (tertiary/aromatic N) is 1. The Morgan fingerprint density at radius 1 is 1.19 bits per heavy atom. The maximum absolute atomic E-state index is 12.0. The van der Waals surface area contributed by atoms with E-state index in [4.69, 9.17) is 27.9 Å². The maximum atomic E-state index is 12.0. The van der Waals surface area contributed by atoms with E-state index in [2.05, 4.69) is 10.5 Å². The Morgan fingerprint density at radius 2 is 1.81 bits per heavy atom. The molecule has 0 saturated carbocycles. The fourth-order valence-corrected chi connectivity index (χ4v) is 2.30. The van der Waals surface area contributed by atoms with Gasteiger partial charge in [0.25, 0.3) is 5.91 Å². The molecule has 0 heterocycles. The van der Waals surface area contributed by atoms with Crippen LogP contribution < -0.4 is 10.2 Å². The van der Waals surface area contributed by atoms with E-state index in [1.165, 1.54) is 19.2 Å². The van der Waals surface area contributed by atoms with Gasteiger partial charge in [-0.3, -0.25) is 4.79 Å². The third-order valence-electron chi connectivity index (χ3n) is 2.64. The minimum atomic E-state index is -0.409. The van der Waals surface area contributed by atoms with Crippen LogP contribution in [-0.4, -0.2) is 19.2 Å². The highest BCUT2D eigenvalue weighted by Gasteiger charge is 2.12. The van der Waals surface area contributed by atoms with E-state index in [0.717, 1.165) is 5.56 Å². The lowest BCUT2D eigenvalue weighted by atomic mass is 10.2. The highest BCUT2D eigenvalue weighted by atomic mass is 35.5. The molecule has 2 aromatic rings. The average molecular weight is 323 g/mol. The number of benzene rings is 2. The molecule has 0 aliphatic carbocycles. The van der Waals surface area contributed by atoms with Crippen molar-refractivity contribution in [1.82, 2.24) is 5.43 Å². The molecule has 2 aromatic carbocycles. The predicted molar refractivity (Wildman–Crippen MR) is 84.5 cm³/mol. The zero-order valence-corrected chi connectivity index (χ0v) is 12.7. The SMILES string of the molecule is COc1c(Cl)cc(C(=O)N/N=C\c2ccccc2)cc1Cl. The molecule has 0 radical (unpaired) electrons. The van der Waals surface area contributed by atoms with E-state index >= 15 is 0 Å². The Morgan fingerprint density at radius 3 is 2.38 bits per heavy atom. The number of methoxy groups -OCH3 is 1. The molecule has 0 fully saturated rings. The minimum absolute atomic E-state index is 0.266. The topological polar surface area (TPSA) is 50.7 Å². The first-order valence-corrected chi connectivity index (χ1v) is 6.79. The molecule has 0 aliphatic rings. The van der Waals surface area contributed by atoms with Gasteiger partial charge in [-0.1, -0.05) is 53.5 Å². The lowest BCUT2D eigenvalue weighted by Crippen LogP contribution is -2.17. The van der Waals surface area contributed by atoms with Crippen molar-refractivity contribution in [2.45, 2.75) is 0 Å². The number of halogens is 2. The van der Waals surface area contributed by atoms with Gasteiger partial charge in [0.2, 0.25) is 0 Å². The van der Waals surface area contributed by atoms with Gasteiger partial charge in [-0.15, -0.1) is 0 Å². The molecule has 21 heavy (non-hydrogen) atoms. The van der Waals surface area contributed by atoms with Crippen LogP contribution in [0.4, 0.5) is 0 Å². The van der Waals surface area contributed by atoms with Crippen LogP contribution in [0.3, 0.4) is 0 Å². The summed E-state index contributed by atoms with van der Waals surface area (Å²) in [5.74, 6) is -0.0729. The van der Waals surface area contributed by atoms with Crippen molar-refractivity contribution in [2.24, 2.45) is 5.10 Å². The molecule has 4 nitrogen and oxygen atoms in total. The molecule has 0 spiro atoms. The molecule has 1 amide bonds. The number of carbonyl (C=O) groups excluding carboxylic acids is 1. The zero-order chi connectivity index (χ0) is 15.2. The summed E-state index contributed by atoms with van der Waals surface area (Å²) in [6.45, 7) is 0. The van der Waals surface area contributed by atoms with Crippen LogP contribution >= 0.6 is 23.2 Å². The lowest BCUT2D eigenvalue weighted by molar-refractivity contribution is 0.0955. The van der Waals surface area contributed by atoms with Crippen molar-refractivity contribution in [3.63, 3.8) is 0 Å². The fourth-order valence-electron chi connectivity index (χ4n) is 1.66. The highest BCUT2D eigenvalue weighted by molar-refractivity contribution is 6.37. The fraction of sp³-hybridized carbons (Fsp3) is 0.0667. The molecule has 108 valence electrons. The Bertz CT molecular complexity index is 650. The smallest absolute Gasteiger partial charge is 0.271 e. The number of carbonyl (C=O) groups is 1. The first kappa shape index (κ1) is 15.4. The number of hydrazone groups is 1. The Hall–Kier alpha value is -2.04. The van der Waals surface area contributed by atoms with Crippen molar-refractivity contribution in [3.8, 4) is 5.75 Å². The number of ether oxygens (including phenoxy) is 1. The monoisotopic (exact) mass is 322 g/mol. The number of amides is 1. The van der Waals surface area contributed by atoms with Crippen LogP contribution in [0.2, 0.25) is 10.0 Å². The summed E-state index contributed by atoms with van der Waals surface area (Å²) in [6.07, 6.45) is 1.55. The van der Waals surface area contributed by atoms with E-state index in [-0.39, 0.29) is 10.0 Å². The van der Waals surface area contributed by atoms with Crippen LogP contribution in [0.5, 0.6) is 5.75 Å². The van der Waals surface area contributed by atoms with Crippen LogP contribution in [0.1, 0.15) is 15.9 Å². The molecule has 0 unspecified atom stereocenters. The molecule has 0 bridgehead atoms. The summed E-state index contributed by atoms with van der Waals surface area (Å²) in [5, 5.41) is 4.41. The summed E-state index contributed by atoms with van der Waals surface area (Å²) >= 11 is 12.0. The van der Waals surface area contributed by atoms with Gasteiger partial charge in [0.1, 0.15) is 0 Å². The predicted octanol–water partition coefficient (Wildman–Crippen LogP) is 3.77. The van der Waals surface area contributed by atoms with Crippen molar-refractivity contribution in [3.05, 3.63) is 63.6 Å². The van der Waals surface area contributed by atoms with E-state index in [1.54, 1.807) is 6.21 Å². The van der Waals surface area contributed by atoms with E-state index < -0.39 is 5.91 Å². The van der Waals surface area contributed by atoms with Crippen LogP contribution in [0.15, 0.2) is 47.6 Å². The summed E-state index contributed by atoms with van der Waals surface area (Å²) in [4.78, 5) is 12.0. The van der Waals surface area contributed by atoms with Gasteiger partial charge in [-0.05, 0) is 17.7 Å². The quantitative estimate of drug-likeness (QED) is 0.688. The zero-order valence-electron chi connectivity index (χ0n) is 11.1. The molecule has 2 rings (SSSR count). The Balaban J connectivity index is 2.09. The molecule has 1 N–H and O–H groups in total. The van der Waals surface area contributed by atoms with Crippen LogP contribution in [0.25, 0.3) is 0 Å². The van der Waals surface area contributed by atoms with E-state index in [9.17, 15) is 4.79 Å². The van der Waals surface area contributed by atoms with Crippen molar-refractivity contribution < 1.29 is 9.53 Å². The lowest BCUT2D eigenvalue weighted by Gasteiger charge is -2.07. The first-order valence-electron chi connectivity index (χ1n) is 6.03. The van der Waals surface area contributed by atoms with Crippen molar-refractivity contribution in [1.29, 1.82) is 0 Å². The summed E-state index contributed by atoms with van der Waals surface area (Å²) in [5.41, 5.74) is 3.59. The number of nitrogens with one attached hydrogen (secondary N) is 1. The van der Waals surface area contributed by atoms with Gasteiger partial charge in [0.15, 0.2) is 5.75 Å². The van der Waals surface area contributed by atoms with Crippen LogP contribution in [0, 0.1) is 0 Å². The summed E-state index contributed by atoms with van der Waals surface area (Å²) in [7, 11) is 1.46. The van der Waals surface area contributed by atoms with E-state index in [1.807, 2.05) is 30.3 Å². The Labute approximate surface area is 132 Å². The van der Waals surface area contributed by atoms with Gasteiger partial charge in [0.05, 0.1) is 23.4 Å². The average Bonchev–Trinajstić information content (AvgIpc) is 2.48. The Kier molecular flexibility index (Phi) is 5.20. The second-order valence-corrected chi connectivity index (χ2v) is 4.90. The third kappa shape index (κ3) is 3.97. The molecule has 0 aliphatic heterocycles. The van der Waals surface area contributed by atoms with Gasteiger partial charge in [-0.25, -0.2) is 5.43 Å². The molecule has 0 aromatic heterocycles. The van der Waals surface area contributed by atoms with Crippen LogP contribution in [-0.2, 0) is 0 Å². The van der Waals surface area contributed by atoms with Gasteiger partial charge in [-0.2, -0.15) is 5.10 Å². The maximum Gasteiger partial charge on any atom is 0.271 e. The van der Waals surface area contributed by atoms with Crippen molar-refractivity contribution in [2.75, 3.05) is 7.11 Å². The molecule has 6 heteroatoms. The minimum Gasteiger partial charge on any atom is -0.494 e. The van der Waals surface area contributed by atoms with E-state index in [0.29, 0.717) is 11.3 Å². The second-order valence-electron chi connectivity index (χ2n) is 4.08. The van der Waals surface area contributed by atoms with Gasteiger partial charge >= 0.3 is 0 Å². The number of hydrogen-bond acceptors (Lipinski definition) is 3. The summed E-state index contributed by atoms with van der Waals surface area (Å²) < 4.78 is 5.02. The number of rotatable bonds is 4. The highest BCUT2D eigenvalue weighted by Crippen LogP contribution is 2.33. The van der Waals surface area contributed by atoms with Crippen molar-refractivity contribution >= 4 is 35.3 Å². The largest absolute Gasteiger partial charge is 0.494 e. The number of hydrogen-bond donors (Lipinski definition) is 1. The first-order chi connectivity index (χ1) is 10.1.